The minimum Gasteiger partial charge on any atom is -0.242 e. The summed E-state index contributed by atoms with van der Waals surface area (Å²) >= 11 is 0. The van der Waals surface area contributed by atoms with Crippen LogP contribution >= 0.6 is 0 Å². The van der Waals surface area contributed by atoms with E-state index in [1.54, 1.807) is 12.1 Å². The molecule has 10 heteroatoms. The first-order valence-electron chi connectivity index (χ1n) is 7.37. The maximum absolute atomic E-state index is 13.3. The van der Waals surface area contributed by atoms with Gasteiger partial charge < -0.3 is 0 Å². The fraction of sp³-hybridized carbons (Fsp3) is 0.111. The van der Waals surface area contributed by atoms with Gasteiger partial charge in [-0.2, -0.15) is 36.9 Å². The molecule has 0 saturated carbocycles. The van der Waals surface area contributed by atoms with Gasteiger partial charge in [0, 0.05) is 0 Å². The van der Waals surface area contributed by atoms with Crippen LogP contribution in [0.3, 0.4) is 0 Å². The van der Waals surface area contributed by atoms with Crippen molar-refractivity contribution in [1.29, 1.82) is 10.5 Å². The van der Waals surface area contributed by atoms with Crippen molar-refractivity contribution in [2.75, 3.05) is 0 Å². The lowest BCUT2D eigenvalue weighted by molar-refractivity contribution is -0.0709. The second kappa shape index (κ2) is 7.92. The SMILES string of the molecule is N#Cc1ccc(N=C(C(=Nc2ccc(C#N)cc2)C(F)(F)F)C(F)(F)F)cc1. The number of aliphatic imine (C=N–C) groups is 2. The molecule has 0 atom stereocenters. The molecule has 0 radical (unpaired) electrons. The van der Waals surface area contributed by atoms with E-state index in [0.717, 1.165) is 48.5 Å². The third-order valence-electron chi connectivity index (χ3n) is 3.24. The molecule has 4 nitrogen and oxygen atoms in total. The molecular formula is C18H8F6N4. The van der Waals surface area contributed by atoms with Crippen LogP contribution in [0.4, 0.5) is 37.7 Å². The largest absolute Gasteiger partial charge is 0.435 e. The van der Waals surface area contributed by atoms with Gasteiger partial charge in [0.2, 0.25) is 0 Å². The van der Waals surface area contributed by atoms with Crippen LogP contribution in [0.15, 0.2) is 58.5 Å². The van der Waals surface area contributed by atoms with Crippen molar-refractivity contribution < 1.29 is 26.3 Å². The molecule has 0 N–H and O–H groups in total. The summed E-state index contributed by atoms with van der Waals surface area (Å²) in [4.78, 5) is 6.16. The Kier molecular flexibility index (Phi) is 5.84. The van der Waals surface area contributed by atoms with E-state index >= 15 is 0 Å². The summed E-state index contributed by atoms with van der Waals surface area (Å²) in [5.41, 5.74) is -5.10. The summed E-state index contributed by atoms with van der Waals surface area (Å²) in [5.74, 6) is 0. The van der Waals surface area contributed by atoms with Gasteiger partial charge in [-0.1, -0.05) is 0 Å². The van der Waals surface area contributed by atoms with E-state index in [-0.39, 0.29) is 11.1 Å². The fourth-order valence-corrected chi connectivity index (χ4v) is 1.98. The van der Waals surface area contributed by atoms with Crippen molar-refractivity contribution in [2.45, 2.75) is 12.4 Å². The van der Waals surface area contributed by atoms with Gasteiger partial charge in [0.1, 0.15) is 0 Å². The minimum absolute atomic E-state index is 0.106. The zero-order valence-corrected chi connectivity index (χ0v) is 13.7. The zero-order chi connectivity index (χ0) is 20.9. The third-order valence-corrected chi connectivity index (χ3v) is 3.24. The second-order valence-electron chi connectivity index (χ2n) is 5.23. The molecule has 2 aromatic rings. The number of nitriles is 2. The first-order valence-corrected chi connectivity index (χ1v) is 7.37. The predicted molar refractivity (Wildman–Crippen MR) is 88.6 cm³/mol. The second-order valence-corrected chi connectivity index (χ2v) is 5.23. The summed E-state index contributed by atoms with van der Waals surface area (Å²) in [6.07, 6.45) is -10.9. The van der Waals surface area contributed by atoms with Crippen LogP contribution in [0.5, 0.6) is 0 Å². The highest BCUT2D eigenvalue weighted by Crippen LogP contribution is 2.31. The lowest BCUT2D eigenvalue weighted by Gasteiger charge is -2.16. The van der Waals surface area contributed by atoms with Gasteiger partial charge in [-0.25, -0.2) is 9.98 Å². The molecule has 0 saturated heterocycles. The predicted octanol–water partition coefficient (Wildman–Crippen LogP) is 5.40. The van der Waals surface area contributed by atoms with E-state index in [9.17, 15) is 26.3 Å². The Balaban J connectivity index is 2.63. The van der Waals surface area contributed by atoms with E-state index < -0.39 is 35.2 Å². The summed E-state index contributed by atoms with van der Waals surface area (Å²) < 4.78 is 80.1. The Morgan fingerprint density at radius 1 is 0.607 bits per heavy atom. The van der Waals surface area contributed by atoms with Gasteiger partial charge in [0.05, 0.1) is 34.6 Å². The van der Waals surface area contributed by atoms with Crippen molar-refractivity contribution in [2.24, 2.45) is 9.98 Å². The summed E-state index contributed by atoms with van der Waals surface area (Å²) in [5, 5.41) is 17.4. The Bertz CT molecular complexity index is 902. The van der Waals surface area contributed by atoms with Crippen LogP contribution < -0.4 is 0 Å². The first kappa shape index (κ1) is 20.6. The number of hydrogen-bond donors (Lipinski definition) is 0. The number of halogens is 6. The molecule has 28 heavy (non-hydrogen) atoms. The van der Waals surface area contributed by atoms with Gasteiger partial charge in [-0.15, -0.1) is 0 Å². The van der Waals surface area contributed by atoms with Gasteiger partial charge in [0.15, 0.2) is 11.4 Å². The fourth-order valence-electron chi connectivity index (χ4n) is 1.98. The zero-order valence-electron chi connectivity index (χ0n) is 13.7. The van der Waals surface area contributed by atoms with Crippen molar-refractivity contribution >= 4 is 22.8 Å². The monoisotopic (exact) mass is 394 g/mol. The summed E-state index contributed by atoms with van der Waals surface area (Å²) in [6, 6.07) is 11.9. The van der Waals surface area contributed by atoms with E-state index in [0.29, 0.717) is 0 Å². The van der Waals surface area contributed by atoms with Crippen LogP contribution in [0.25, 0.3) is 0 Å². The minimum atomic E-state index is -5.45. The molecule has 0 heterocycles. The van der Waals surface area contributed by atoms with Crippen LogP contribution in [0.1, 0.15) is 11.1 Å². The molecule has 0 aliphatic rings. The molecule has 0 amide bonds. The maximum Gasteiger partial charge on any atom is 0.435 e. The van der Waals surface area contributed by atoms with Gasteiger partial charge in [-0.3, -0.25) is 0 Å². The quantitative estimate of drug-likeness (QED) is 0.517. The highest BCUT2D eigenvalue weighted by atomic mass is 19.4. The van der Waals surface area contributed by atoms with Crippen molar-refractivity contribution in [1.82, 2.24) is 0 Å². The number of benzene rings is 2. The van der Waals surface area contributed by atoms with Crippen LogP contribution in [-0.2, 0) is 0 Å². The number of alkyl halides is 6. The smallest absolute Gasteiger partial charge is 0.242 e. The Labute approximate surface area is 154 Å². The van der Waals surface area contributed by atoms with Crippen LogP contribution in [-0.4, -0.2) is 23.8 Å². The number of nitrogens with zero attached hydrogens (tertiary/aromatic N) is 4. The Hall–Kier alpha value is -3.66. The van der Waals surface area contributed by atoms with E-state index in [4.69, 9.17) is 10.5 Å². The molecule has 2 aromatic carbocycles. The molecule has 0 bridgehead atoms. The molecule has 142 valence electrons. The van der Waals surface area contributed by atoms with Gasteiger partial charge >= 0.3 is 12.4 Å². The highest BCUT2D eigenvalue weighted by molar-refractivity contribution is 6.47. The number of hydrogen-bond acceptors (Lipinski definition) is 4. The molecule has 0 aliphatic heterocycles. The van der Waals surface area contributed by atoms with E-state index in [2.05, 4.69) is 9.98 Å². The molecule has 0 spiro atoms. The lowest BCUT2D eigenvalue weighted by atomic mass is 10.1. The topological polar surface area (TPSA) is 72.3 Å². The summed E-state index contributed by atoms with van der Waals surface area (Å²) in [6.45, 7) is 0. The molecular weight excluding hydrogens is 386 g/mol. The first-order chi connectivity index (χ1) is 13.0. The third kappa shape index (κ3) is 5.17. The molecule has 0 unspecified atom stereocenters. The number of rotatable bonds is 3. The molecule has 2 rings (SSSR count). The maximum atomic E-state index is 13.3. The molecule has 0 aliphatic carbocycles. The average Bonchev–Trinajstić information content (AvgIpc) is 2.63. The van der Waals surface area contributed by atoms with Crippen molar-refractivity contribution in [3.05, 3.63) is 59.7 Å². The lowest BCUT2D eigenvalue weighted by Crippen LogP contribution is -2.40. The summed E-state index contributed by atoms with van der Waals surface area (Å²) in [7, 11) is 0. The Morgan fingerprint density at radius 3 is 1.11 bits per heavy atom. The average molecular weight is 394 g/mol. The highest BCUT2D eigenvalue weighted by Gasteiger charge is 2.50. The van der Waals surface area contributed by atoms with Crippen LogP contribution in [0.2, 0.25) is 0 Å². The van der Waals surface area contributed by atoms with Crippen LogP contribution in [0, 0.1) is 22.7 Å². The standard InChI is InChI=1S/C18H8F6N4/c19-17(20,21)15(27-13-5-1-11(9-25)2-6-13)16(18(22,23)24)28-14-7-3-12(10-26)4-8-14/h1-8H. The normalized spacial score (nSPS) is 13.0. The van der Waals surface area contributed by atoms with E-state index in [1.165, 1.54) is 0 Å². The molecule has 0 aromatic heterocycles. The van der Waals surface area contributed by atoms with Gasteiger partial charge in [0.25, 0.3) is 0 Å². The molecule has 0 fully saturated rings. The van der Waals surface area contributed by atoms with Crippen molar-refractivity contribution in [3.63, 3.8) is 0 Å². The van der Waals surface area contributed by atoms with Gasteiger partial charge in [-0.05, 0) is 48.5 Å². The van der Waals surface area contributed by atoms with E-state index in [1.807, 2.05) is 0 Å². The van der Waals surface area contributed by atoms with Crippen molar-refractivity contribution in [3.8, 4) is 12.1 Å². The Morgan fingerprint density at radius 2 is 0.893 bits per heavy atom.